The minimum absolute atomic E-state index is 0.0422. The summed E-state index contributed by atoms with van der Waals surface area (Å²) in [5, 5.41) is 11.4. The molecule has 1 unspecified atom stereocenters. The van der Waals surface area contributed by atoms with Crippen LogP contribution in [0.25, 0.3) is 0 Å². The Hall–Kier alpha value is -1.67. The molecule has 1 aromatic heterocycles. The maximum atomic E-state index is 11.5. The molecule has 0 amide bonds. The Morgan fingerprint density at radius 2 is 2.36 bits per heavy atom. The number of carbonyl (C=O) groups is 2. The van der Waals surface area contributed by atoms with Crippen LogP contribution < -0.4 is 5.32 Å². The van der Waals surface area contributed by atoms with Gasteiger partial charge in [-0.2, -0.15) is 0 Å². The van der Waals surface area contributed by atoms with Crippen LogP contribution in [0.15, 0.2) is 17.8 Å². The highest BCUT2D eigenvalue weighted by Crippen LogP contribution is 2.35. The first-order valence-electron chi connectivity index (χ1n) is 7.14. The van der Waals surface area contributed by atoms with Crippen molar-refractivity contribution in [2.24, 2.45) is 0 Å². The third-order valence-corrected chi connectivity index (χ3v) is 4.39. The normalized spacial score (nSPS) is 16.0. The smallest absolute Gasteiger partial charge is 0.307 e. The summed E-state index contributed by atoms with van der Waals surface area (Å²) in [5.41, 5.74) is 1.88. The molecule has 0 aliphatic carbocycles. The lowest BCUT2D eigenvalue weighted by Gasteiger charge is -2.20. The molecule has 1 aromatic rings. The molecule has 22 heavy (non-hydrogen) atoms. The number of aromatic nitrogens is 3. The molecule has 0 saturated carbocycles. The molecular formula is C14H20N4O3S. The number of nitrogens with zero attached hydrogens (tertiary/aromatic N) is 3. The van der Waals surface area contributed by atoms with Crippen molar-refractivity contribution in [2.75, 3.05) is 20.2 Å². The van der Waals surface area contributed by atoms with Gasteiger partial charge >= 0.3 is 5.97 Å². The molecule has 1 atom stereocenters. The Labute approximate surface area is 133 Å². The van der Waals surface area contributed by atoms with Gasteiger partial charge in [-0.25, -0.2) is 0 Å². The summed E-state index contributed by atoms with van der Waals surface area (Å²) in [4.78, 5) is 22.7. The van der Waals surface area contributed by atoms with E-state index in [0.29, 0.717) is 6.54 Å². The zero-order chi connectivity index (χ0) is 15.9. The van der Waals surface area contributed by atoms with Gasteiger partial charge < -0.3 is 10.1 Å². The molecule has 0 fully saturated rings. The van der Waals surface area contributed by atoms with E-state index >= 15 is 0 Å². The van der Waals surface area contributed by atoms with Gasteiger partial charge in [0.1, 0.15) is 5.69 Å². The van der Waals surface area contributed by atoms with Crippen LogP contribution in [0.2, 0.25) is 0 Å². The van der Waals surface area contributed by atoms with Crippen LogP contribution in [-0.2, 0) is 20.9 Å². The van der Waals surface area contributed by atoms with Crippen LogP contribution in [0.4, 0.5) is 0 Å². The summed E-state index contributed by atoms with van der Waals surface area (Å²) < 4.78 is 6.22. The number of aryl methyl sites for hydroxylation is 1. The monoisotopic (exact) mass is 324 g/mol. The van der Waals surface area contributed by atoms with E-state index in [1.54, 1.807) is 17.8 Å². The van der Waals surface area contributed by atoms with E-state index in [0.717, 1.165) is 30.8 Å². The van der Waals surface area contributed by atoms with E-state index in [1.165, 1.54) is 18.9 Å². The highest BCUT2D eigenvalue weighted by molar-refractivity contribution is 8.13. The van der Waals surface area contributed by atoms with E-state index in [1.807, 2.05) is 0 Å². The van der Waals surface area contributed by atoms with E-state index in [9.17, 15) is 9.59 Å². The summed E-state index contributed by atoms with van der Waals surface area (Å²) in [6, 6.07) is 0. The zero-order valence-electron chi connectivity index (χ0n) is 12.7. The Balaban J connectivity index is 2.10. The molecule has 0 radical (unpaired) electrons. The number of rotatable bonds is 6. The molecule has 1 aliphatic heterocycles. The fraction of sp³-hybridized carbons (Fsp3) is 0.571. The third-order valence-electron chi connectivity index (χ3n) is 3.28. The molecule has 120 valence electrons. The molecule has 0 bridgehead atoms. The van der Waals surface area contributed by atoms with Gasteiger partial charge in [-0.3, -0.25) is 14.3 Å². The van der Waals surface area contributed by atoms with E-state index in [-0.39, 0.29) is 22.8 Å². The third kappa shape index (κ3) is 4.67. The predicted molar refractivity (Wildman–Crippen MR) is 83.2 cm³/mol. The highest BCUT2D eigenvalue weighted by atomic mass is 32.2. The first-order chi connectivity index (χ1) is 10.6. The molecule has 0 saturated heterocycles. The second kappa shape index (κ2) is 8.09. The lowest BCUT2D eigenvalue weighted by molar-refractivity contribution is -0.140. The van der Waals surface area contributed by atoms with E-state index in [2.05, 4.69) is 26.4 Å². The number of carbonyl (C=O) groups excluding carboxylic acids is 2. The minimum atomic E-state index is -0.286. The molecule has 1 N–H and O–H groups in total. The maximum absolute atomic E-state index is 11.5. The van der Waals surface area contributed by atoms with E-state index in [4.69, 9.17) is 0 Å². The number of hydrogen-bond acceptors (Lipinski definition) is 7. The van der Waals surface area contributed by atoms with Crippen molar-refractivity contribution in [3.05, 3.63) is 23.5 Å². The standard InChI is InChI=1S/C14H20N4O3S/c1-10(19)22-14(11-4-3-6-15-8-11)12-9-18(17-16-12)7-5-13(20)21-2/h4,9,14-15H,3,5-8H2,1-2H3. The van der Waals surface area contributed by atoms with Gasteiger partial charge in [0.15, 0.2) is 5.12 Å². The van der Waals surface area contributed by atoms with Gasteiger partial charge in [0.05, 0.1) is 25.3 Å². The number of thioether (sulfide) groups is 1. The minimum Gasteiger partial charge on any atom is -0.469 e. The summed E-state index contributed by atoms with van der Waals surface area (Å²) >= 11 is 1.25. The topological polar surface area (TPSA) is 86.1 Å². The molecule has 2 rings (SSSR count). The van der Waals surface area contributed by atoms with Gasteiger partial charge in [0, 0.05) is 19.7 Å². The molecule has 0 aromatic carbocycles. The Morgan fingerprint density at radius 3 is 3.00 bits per heavy atom. The van der Waals surface area contributed by atoms with Crippen LogP contribution in [0.5, 0.6) is 0 Å². The number of nitrogens with one attached hydrogen (secondary N) is 1. The first kappa shape index (κ1) is 16.7. The van der Waals surface area contributed by atoms with Crippen molar-refractivity contribution < 1.29 is 14.3 Å². The van der Waals surface area contributed by atoms with Crippen LogP contribution in [-0.4, -0.2) is 46.3 Å². The van der Waals surface area contributed by atoms with Crippen molar-refractivity contribution in [3.63, 3.8) is 0 Å². The molecule has 1 aliphatic rings. The van der Waals surface area contributed by atoms with Crippen LogP contribution in [0.1, 0.15) is 30.7 Å². The Kier molecular flexibility index (Phi) is 6.14. The highest BCUT2D eigenvalue weighted by Gasteiger charge is 2.23. The van der Waals surface area contributed by atoms with Gasteiger partial charge in [0.25, 0.3) is 0 Å². The first-order valence-corrected chi connectivity index (χ1v) is 8.02. The van der Waals surface area contributed by atoms with Gasteiger partial charge in [-0.05, 0) is 18.5 Å². The van der Waals surface area contributed by atoms with Crippen LogP contribution in [0, 0.1) is 0 Å². The Bertz CT molecular complexity index is 570. The number of ether oxygens (including phenoxy) is 1. The second-order valence-corrected chi connectivity index (χ2v) is 6.25. The fourth-order valence-corrected chi connectivity index (χ4v) is 3.10. The summed E-state index contributed by atoms with van der Waals surface area (Å²) in [7, 11) is 1.36. The van der Waals surface area contributed by atoms with E-state index < -0.39 is 0 Å². The summed E-state index contributed by atoms with van der Waals surface area (Å²) in [5.74, 6) is -0.286. The summed E-state index contributed by atoms with van der Waals surface area (Å²) in [6.07, 6.45) is 5.14. The molecule has 0 spiro atoms. The second-order valence-electron chi connectivity index (χ2n) is 4.97. The average Bonchev–Trinajstić information content (AvgIpc) is 2.99. The average molecular weight is 324 g/mol. The number of esters is 1. The zero-order valence-corrected chi connectivity index (χ0v) is 13.6. The van der Waals surface area contributed by atoms with Crippen molar-refractivity contribution in [1.29, 1.82) is 0 Å². The lowest BCUT2D eigenvalue weighted by atomic mass is 10.1. The molecule has 8 heteroatoms. The largest absolute Gasteiger partial charge is 0.469 e. The van der Waals surface area contributed by atoms with Gasteiger partial charge in [0.2, 0.25) is 0 Å². The van der Waals surface area contributed by atoms with Crippen LogP contribution >= 0.6 is 11.8 Å². The number of hydrogen-bond donors (Lipinski definition) is 1. The molecular weight excluding hydrogens is 304 g/mol. The van der Waals surface area contributed by atoms with Gasteiger partial charge in [-0.15, -0.1) is 5.10 Å². The maximum Gasteiger partial charge on any atom is 0.307 e. The molecule has 7 nitrogen and oxygen atoms in total. The van der Waals surface area contributed by atoms with Crippen molar-refractivity contribution in [3.8, 4) is 0 Å². The fourth-order valence-electron chi connectivity index (χ4n) is 2.21. The van der Waals surface area contributed by atoms with Crippen molar-refractivity contribution in [2.45, 2.75) is 31.6 Å². The summed E-state index contributed by atoms with van der Waals surface area (Å²) in [6.45, 7) is 3.66. The lowest BCUT2D eigenvalue weighted by Crippen LogP contribution is -2.24. The van der Waals surface area contributed by atoms with Crippen molar-refractivity contribution >= 4 is 22.8 Å². The molecule has 2 heterocycles. The number of methoxy groups -OCH3 is 1. The quantitative estimate of drug-likeness (QED) is 0.619. The van der Waals surface area contributed by atoms with Crippen molar-refractivity contribution in [1.82, 2.24) is 20.3 Å². The SMILES string of the molecule is COC(=O)CCn1cc(C(SC(C)=O)C2=CCCNC2)nn1. The predicted octanol–water partition coefficient (Wildman–Crippen LogP) is 1.08. The van der Waals surface area contributed by atoms with Gasteiger partial charge in [-0.1, -0.05) is 23.1 Å². The Morgan fingerprint density at radius 1 is 1.55 bits per heavy atom. The van der Waals surface area contributed by atoms with Crippen LogP contribution in [0.3, 0.4) is 0 Å².